The average Bonchev–Trinajstić information content (AvgIpc) is 2.99. The second-order valence-corrected chi connectivity index (χ2v) is 8.20. The molecule has 1 N–H and O–H groups in total. The molecule has 0 aliphatic carbocycles. The molecule has 1 unspecified atom stereocenters. The van der Waals surface area contributed by atoms with Crippen LogP contribution in [0.25, 0.3) is 0 Å². The number of benzene rings is 1. The van der Waals surface area contributed by atoms with E-state index in [1.54, 1.807) is 4.90 Å². The SMILES string of the molecule is CCCCC(CC)COC(=O)N1CCCN(CC(=O)Nc2ccccc2C(F)(F)F)CC1. The van der Waals surface area contributed by atoms with Gasteiger partial charge in [0.25, 0.3) is 0 Å². The summed E-state index contributed by atoms with van der Waals surface area (Å²) in [5, 5.41) is 2.37. The lowest BCUT2D eigenvalue weighted by Crippen LogP contribution is -2.38. The van der Waals surface area contributed by atoms with Crippen molar-refractivity contribution in [3.05, 3.63) is 29.8 Å². The average molecular weight is 458 g/mol. The lowest BCUT2D eigenvalue weighted by atomic mass is 10.0. The topological polar surface area (TPSA) is 61.9 Å². The number of hydrogen-bond acceptors (Lipinski definition) is 4. The van der Waals surface area contributed by atoms with Crippen molar-refractivity contribution in [2.24, 2.45) is 5.92 Å². The lowest BCUT2D eigenvalue weighted by Gasteiger charge is -2.23. The molecule has 0 radical (unpaired) electrons. The first-order valence-corrected chi connectivity index (χ1v) is 11.3. The molecular formula is C23H34F3N3O3. The molecule has 1 aliphatic rings. The maximum Gasteiger partial charge on any atom is 0.418 e. The zero-order valence-corrected chi connectivity index (χ0v) is 18.9. The predicted octanol–water partition coefficient (Wildman–Crippen LogP) is 5.00. The first-order valence-electron chi connectivity index (χ1n) is 11.3. The Balaban J connectivity index is 1.82. The number of carbonyl (C=O) groups excluding carboxylic acids is 2. The van der Waals surface area contributed by atoms with E-state index in [2.05, 4.69) is 19.2 Å². The number of rotatable bonds is 9. The first-order chi connectivity index (χ1) is 15.2. The molecule has 1 aromatic carbocycles. The minimum Gasteiger partial charge on any atom is -0.449 e. The minimum atomic E-state index is -4.54. The van der Waals surface area contributed by atoms with Gasteiger partial charge in [-0.2, -0.15) is 13.2 Å². The summed E-state index contributed by atoms with van der Waals surface area (Å²) in [6.45, 7) is 6.58. The summed E-state index contributed by atoms with van der Waals surface area (Å²) in [7, 11) is 0. The number of para-hydroxylation sites is 1. The van der Waals surface area contributed by atoms with E-state index in [-0.39, 0.29) is 18.3 Å². The van der Waals surface area contributed by atoms with Crippen LogP contribution in [0, 0.1) is 5.92 Å². The van der Waals surface area contributed by atoms with Gasteiger partial charge in [-0.05, 0) is 30.9 Å². The Morgan fingerprint density at radius 2 is 1.88 bits per heavy atom. The zero-order chi connectivity index (χ0) is 23.6. The molecule has 2 amide bonds. The summed E-state index contributed by atoms with van der Waals surface area (Å²) >= 11 is 0. The number of nitrogens with one attached hydrogen (secondary N) is 1. The molecule has 2 rings (SSSR count). The van der Waals surface area contributed by atoms with Crippen LogP contribution in [0.2, 0.25) is 0 Å². The van der Waals surface area contributed by atoms with Crippen LogP contribution < -0.4 is 5.32 Å². The third-order valence-electron chi connectivity index (χ3n) is 5.71. The number of halogens is 3. The third kappa shape index (κ3) is 8.33. The Hall–Kier alpha value is -2.29. The van der Waals surface area contributed by atoms with Gasteiger partial charge in [0, 0.05) is 26.2 Å². The summed E-state index contributed by atoms with van der Waals surface area (Å²) in [5.74, 6) is -0.148. The van der Waals surface area contributed by atoms with Gasteiger partial charge in [-0.3, -0.25) is 9.69 Å². The van der Waals surface area contributed by atoms with Gasteiger partial charge in [0.15, 0.2) is 0 Å². The molecule has 0 spiro atoms. The van der Waals surface area contributed by atoms with Crippen LogP contribution in [0.3, 0.4) is 0 Å². The van der Waals surface area contributed by atoms with Gasteiger partial charge in [-0.25, -0.2) is 4.79 Å². The zero-order valence-electron chi connectivity index (χ0n) is 18.9. The smallest absolute Gasteiger partial charge is 0.418 e. The standard InChI is InChI=1S/C23H34F3N3O3/c1-3-5-9-18(4-2)17-32-22(31)29-13-8-12-28(14-15-29)16-21(30)27-20-11-7-6-10-19(20)23(24,25)26/h6-7,10-11,18H,3-5,8-9,12-17H2,1-2H3,(H,27,30). The highest BCUT2D eigenvalue weighted by molar-refractivity contribution is 5.93. The fraction of sp³-hybridized carbons (Fsp3) is 0.652. The molecule has 1 saturated heterocycles. The molecule has 1 aromatic rings. The summed E-state index contributed by atoms with van der Waals surface area (Å²) in [6.07, 6.45) is 0.0144. The summed E-state index contributed by atoms with van der Waals surface area (Å²) in [5.41, 5.74) is -1.12. The number of anilines is 1. The molecule has 180 valence electrons. The normalized spacial score (nSPS) is 16.3. The monoisotopic (exact) mass is 457 g/mol. The number of alkyl halides is 3. The highest BCUT2D eigenvalue weighted by Gasteiger charge is 2.33. The van der Waals surface area contributed by atoms with Crippen LogP contribution in [-0.2, 0) is 15.7 Å². The van der Waals surface area contributed by atoms with Crippen molar-refractivity contribution in [2.45, 2.75) is 52.1 Å². The van der Waals surface area contributed by atoms with Gasteiger partial charge in [0.2, 0.25) is 5.91 Å². The van der Waals surface area contributed by atoms with E-state index < -0.39 is 17.6 Å². The van der Waals surface area contributed by atoms with Crippen LogP contribution in [0.4, 0.5) is 23.7 Å². The Morgan fingerprint density at radius 1 is 1.12 bits per heavy atom. The molecule has 1 aliphatic heterocycles. The van der Waals surface area contributed by atoms with Gasteiger partial charge >= 0.3 is 12.3 Å². The van der Waals surface area contributed by atoms with Crippen molar-refractivity contribution < 1.29 is 27.5 Å². The second-order valence-electron chi connectivity index (χ2n) is 8.20. The summed E-state index contributed by atoms with van der Waals surface area (Å²) in [4.78, 5) is 28.3. The van der Waals surface area contributed by atoms with Crippen LogP contribution in [0.1, 0.15) is 51.5 Å². The quantitative estimate of drug-likeness (QED) is 0.567. The molecule has 1 atom stereocenters. The highest BCUT2D eigenvalue weighted by atomic mass is 19.4. The number of carbonyl (C=O) groups is 2. The van der Waals surface area contributed by atoms with Gasteiger partial charge in [-0.1, -0.05) is 45.2 Å². The first kappa shape index (κ1) is 26.0. The number of hydrogen-bond donors (Lipinski definition) is 1. The fourth-order valence-electron chi connectivity index (χ4n) is 3.72. The Bertz CT molecular complexity index is 743. The van der Waals surface area contributed by atoms with Crippen molar-refractivity contribution in [1.82, 2.24) is 9.80 Å². The molecule has 6 nitrogen and oxygen atoms in total. The second kappa shape index (κ2) is 12.7. The number of nitrogens with zero attached hydrogens (tertiary/aromatic N) is 2. The molecule has 9 heteroatoms. The van der Waals surface area contributed by atoms with E-state index in [0.29, 0.717) is 45.1 Å². The van der Waals surface area contributed by atoms with Gasteiger partial charge in [0.05, 0.1) is 24.4 Å². The maximum absolute atomic E-state index is 13.1. The summed E-state index contributed by atoms with van der Waals surface area (Å²) < 4.78 is 44.9. The summed E-state index contributed by atoms with van der Waals surface area (Å²) in [6, 6.07) is 4.92. The number of unbranched alkanes of at least 4 members (excludes halogenated alkanes) is 1. The van der Waals surface area contributed by atoms with Gasteiger partial charge < -0.3 is 15.0 Å². The molecule has 0 bridgehead atoms. The molecule has 0 saturated carbocycles. The third-order valence-corrected chi connectivity index (χ3v) is 5.71. The van der Waals surface area contributed by atoms with Crippen LogP contribution in [0.15, 0.2) is 24.3 Å². The van der Waals surface area contributed by atoms with Crippen LogP contribution in [-0.4, -0.2) is 61.1 Å². The molecule has 1 heterocycles. The fourth-order valence-corrected chi connectivity index (χ4v) is 3.72. The van der Waals surface area contributed by atoms with Crippen LogP contribution in [0.5, 0.6) is 0 Å². The van der Waals surface area contributed by atoms with E-state index in [4.69, 9.17) is 4.74 Å². The van der Waals surface area contributed by atoms with E-state index in [1.807, 2.05) is 4.90 Å². The highest BCUT2D eigenvalue weighted by Crippen LogP contribution is 2.34. The van der Waals surface area contributed by atoms with Crippen LogP contribution >= 0.6 is 0 Å². The Kier molecular flexibility index (Phi) is 10.3. The number of amides is 2. The molecule has 0 aromatic heterocycles. The van der Waals surface area contributed by atoms with Crippen molar-refractivity contribution in [3.8, 4) is 0 Å². The molecule has 32 heavy (non-hydrogen) atoms. The van der Waals surface area contributed by atoms with Gasteiger partial charge in [-0.15, -0.1) is 0 Å². The van der Waals surface area contributed by atoms with Crippen molar-refractivity contribution >= 4 is 17.7 Å². The Labute approximate surface area is 188 Å². The van der Waals surface area contributed by atoms with E-state index in [0.717, 1.165) is 31.7 Å². The van der Waals surface area contributed by atoms with Gasteiger partial charge in [0.1, 0.15) is 0 Å². The maximum atomic E-state index is 13.1. The largest absolute Gasteiger partial charge is 0.449 e. The van der Waals surface area contributed by atoms with Crippen molar-refractivity contribution in [3.63, 3.8) is 0 Å². The van der Waals surface area contributed by atoms with Crippen molar-refractivity contribution in [2.75, 3.05) is 44.6 Å². The lowest BCUT2D eigenvalue weighted by molar-refractivity contribution is -0.137. The molecular weight excluding hydrogens is 423 g/mol. The predicted molar refractivity (Wildman–Crippen MR) is 117 cm³/mol. The number of ether oxygens (including phenoxy) is 1. The van der Waals surface area contributed by atoms with E-state index in [1.165, 1.54) is 18.2 Å². The molecule has 1 fully saturated rings. The van der Waals surface area contributed by atoms with E-state index in [9.17, 15) is 22.8 Å². The Morgan fingerprint density at radius 3 is 2.56 bits per heavy atom. The minimum absolute atomic E-state index is 0.0377. The van der Waals surface area contributed by atoms with Crippen molar-refractivity contribution in [1.29, 1.82) is 0 Å². The van der Waals surface area contributed by atoms with E-state index >= 15 is 0 Å².